The van der Waals surface area contributed by atoms with Crippen molar-refractivity contribution in [1.29, 1.82) is 0 Å². The molecule has 0 aliphatic heterocycles. The fraction of sp³-hybridized carbons (Fsp3) is 0. The van der Waals surface area contributed by atoms with Crippen LogP contribution in [-0.2, 0) is 19.5 Å². The van der Waals surface area contributed by atoms with Crippen molar-refractivity contribution in [1.82, 2.24) is 0 Å². The maximum Gasteiger partial charge on any atom is 2.00 e. The predicted molar refractivity (Wildman–Crippen MR) is 19.9 cm³/mol. The van der Waals surface area contributed by atoms with Crippen LogP contribution in [0.4, 0.5) is 0 Å². The van der Waals surface area contributed by atoms with E-state index in [4.69, 9.17) is 0 Å². The molecule has 0 fully saturated rings. The van der Waals surface area contributed by atoms with Crippen LogP contribution >= 0.6 is 0 Å². The summed E-state index contributed by atoms with van der Waals surface area (Å²) in [4.78, 5) is 0. The summed E-state index contributed by atoms with van der Waals surface area (Å²) in [6.45, 7) is 14.0. The second-order valence-electron chi connectivity index (χ2n) is 0. The molecule has 0 saturated carbocycles. The Labute approximate surface area is 46.3 Å². The molecule has 0 aromatic rings. The Morgan fingerprint density at radius 1 is 0.800 bits per heavy atom. The van der Waals surface area contributed by atoms with Crippen molar-refractivity contribution >= 4 is 0 Å². The standard InChI is InChI=1S/2C2H3.Rh/c2*1-2;/h2*1H,2H2;/q2*-1;+2. The smallest absolute Gasteiger partial charge is 0.521 e. The van der Waals surface area contributed by atoms with Crippen molar-refractivity contribution in [2.45, 2.75) is 0 Å². The van der Waals surface area contributed by atoms with Crippen LogP contribution in [-0.4, -0.2) is 0 Å². The van der Waals surface area contributed by atoms with Gasteiger partial charge in [-0.3, -0.25) is 13.2 Å². The zero-order valence-corrected chi connectivity index (χ0v) is 4.54. The summed E-state index contributed by atoms with van der Waals surface area (Å²) < 4.78 is 0. The molecule has 1 radical (unpaired) electrons. The van der Waals surface area contributed by atoms with E-state index in [0.29, 0.717) is 0 Å². The molecule has 0 saturated heterocycles. The second-order valence-corrected chi connectivity index (χ2v) is 0. The van der Waals surface area contributed by atoms with Crippen molar-refractivity contribution < 1.29 is 19.5 Å². The average molecular weight is 157 g/mol. The van der Waals surface area contributed by atoms with Crippen LogP contribution in [0, 0.1) is 13.2 Å². The molecule has 0 spiro atoms. The maximum absolute atomic E-state index is 4.25. The zero-order valence-electron chi connectivity index (χ0n) is 2.90. The van der Waals surface area contributed by atoms with Crippen molar-refractivity contribution in [3.05, 3.63) is 26.3 Å². The molecule has 0 atom stereocenters. The molecule has 0 aromatic carbocycles. The SMILES string of the molecule is [CH-]=C.[CH-]=C.[Rh+2]. The minimum Gasteiger partial charge on any atom is -0.521 e. The molecule has 31 valence electrons. The van der Waals surface area contributed by atoms with Gasteiger partial charge in [-0.25, -0.2) is 0 Å². The van der Waals surface area contributed by atoms with E-state index in [2.05, 4.69) is 26.3 Å². The van der Waals surface area contributed by atoms with Gasteiger partial charge in [0.1, 0.15) is 0 Å². The molecule has 5 heavy (non-hydrogen) atoms. The zero-order chi connectivity index (χ0) is 4.00. The maximum atomic E-state index is 4.25. The van der Waals surface area contributed by atoms with Crippen LogP contribution in [0.2, 0.25) is 0 Å². The van der Waals surface area contributed by atoms with E-state index in [1.165, 1.54) is 0 Å². The third-order valence-corrected chi connectivity index (χ3v) is 0. The summed E-state index contributed by atoms with van der Waals surface area (Å²) in [5.41, 5.74) is 0. The Morgan fingerprint density at radius 3 is 0.800 bits per heavy atom. The fourth-order valence-electron chi connectivity index (χ4n) is 0. The molecule has 0 aromatic heterocycles. The molecule has 0 aliphatic rings. The minimum absolute atomic E-state index is 0. The van der Waals surface area contributed by atoms with Crippen LogP contribution in [0.5, 0.6) is 0 Å². The molecular formula is C4H6Rh. The van der Waals surface area contributed by atoms with Crippen LogP contribution in [0.3, 0.4) is 0 Å². The van der Waals surface area contributed by atoms with E-state index in [0.717, 1.165) is 0 Å². The molecular weight excluding hydrogens is 151 g/mol. The second kappa shape index (κ2) is 3700. The number of hydrogen-bond acceptors (Lipinski definition) is 0. The van der Waals surface area contributed by atoms with Crippen molar-refractivity contribution in [2.24, 2.45) is 0 Å². The van der Waals surface area contributed by atoms with Crippen molar-refractivity contribution in [3.8, 4) is 0 Å². The molecule has 0 rings (SSSR count). The van der Waals surface area contributed by atoms with Gasteiger partial charge in [0.05, 0.1) is 0 Å². The summed E-state index contributed by atoms with van der Waals surface area (Å²) in [5.74, 6) is 0. The van der Waals surface area contributed by atoms with E-state index in [1.54, 1.807) is 0 Å². The number of rotatable bonds is 0. The Morgan fingerprint density at radius 2 is 0.800 bits per heavy atom. The van der Waals surface area contributed by atoms with Crippen molar-refractivity contribution in [3.63, 3.8) is 0 Å². The van der Waals surface area contributed by atoms with E-state index in [9.17, 15) is 0 Å². The van der Waals surface area contributed by atoms with Gasteiger partial charge in [0.25, 0.3) is 0 Å². The topological polar surface area (TPSA) is 0 Å². The first-order chi connectivity index (χ1) is 2.00. The summed E-state index contributed by atoms with van der Waals surface area (Å²) in [7, 11) is 0. The predicted octanol–water partition coefficient (Wildman–Crippen LogP) is 1.21. The molecule has 0 N–H and O–H groups in total. The van der Waals surface area contributed by atoms with Crippen molar-refractivity contribution in [2.75, 3.05) is 0 Å². The van der Waals surface area contributed by atoms with Gasteiger partial charge >= 0.3 is 19.5 Å². The van der Waals surface area contributed by atoms with Crippen LogP contribution in [0.15, 0.2) is 13.2 Å². The Kier molecular flexibility index (Phi) is 14400. The third-order valence-electron chi connectivity index (χ3n) is 0. The summed E-state index contributed by atoms with van der Waals surface area (Å²) in [5, 5.41) is 0. The Hall–Kier alpha value is 0.103. The Bertz CT molecular complexity index is 5.61. The van der Waals surface area contributed by atoms with E-state index < -0.39 is 0 Å². The van der Waals surface area contributed by atoms with Gasteiger partial charge in [-0.1, -0.05) is 0 Å². The normalized spacial score (nSPS) is 1.60. The molecule has 0 bridgehead atoms. The molecule has 0 nitrogen and oxygen atoms in total. The van der Waals surface area contributed by atoms with Gasteiger partial charge in [0, 0.05) is 0 Å². The third kappa shape index (κ3) is 1700. The molecule has 0 aliphatic carbocycles. The van der Waals surface area contributed by atoms with E-state index in [-0.39, 0.29) is 19.5 Å². The van der Waals surface area contributed by atoms with Gasteiger partial charge < -0.3 is 13.2 Å². The summed E-state index contributed by atoms with van der Waals surface area (Å²) in [6, 6.07) is 0. The first kappa shape index (κ1) is 19.4. The Balaban J connectivity index is -0.0000000133. The van der Waals surface area contributed by atoms with Crippen LogP contribution in [0.1, 0.15) is 0 Å². The van der Waals surface area contributed by atoms with Gasteiger partial charge in [0.2, 0.25) is 0 Å². The largest absolute Gasteiger partial charge is 2.00 e. The monoisotopic (exact) mass is 157 g/mol. The van der Waals surface area contributed by atoms with Crippen LogP contribution < -0.4 is 0 Å². The van der Waals surface area contributed by atoms with Gasteiger partial charge in [-0.2, -0.15) is 0 Å². The summed E-state index contributed by atoms with van der Waals surface area (Å²) in [6.07, 6.45) is 0. The van der Waals surface area contributed by atoms with Gasteiger partial charge in [0.15, 0.2) is 0 Å². The van der Waals surface area contributed by atoms with Gasteiger partial charge in [-0.05, 0) is 0 Å². The van der Waals surface area contributed by atoms with Gasteiger partial charge in [-0.15, -0.1) is 0 Å². The summed E-state index contributed by atoms with van der Waals surface area (Å²) >= 11 is 0. The quantitative estimate of drug-likeness (QED) is 0.366. The first-order valence-corrected chi connectivity index (χ1v) is 0.816. The molecule has 0 heterocycles. The fourth-order valence-corrected chi connectivity index (χ4v) is 0. The molecule has 1 heteroatoms. The first-order valence-electron chi connectivity index (χ1n) is 0.816. The van der Waals surface area contributed by atoms with E-state index in [1.807, 2.05) is 0 Å². The minimum atomic E-state index is 0. The molecule has 0 unspecified atom stereocenters. The van der Waals surface area contributed by atoms with E-state index >= 15 is 0 Å². The van der Waals surface area contributed by atoms with Crippen LogP contribution in [0.25, 0.3) is 0 Å². The molecule has 0 amide bonds. The number of hydrogen-bond donors (Lipinski definition) is 0. The average Bonchev–Trinajstić information content (AvgIpc) is 1.50.